The van der Waals surface area contributed by atoms with Gasteiger partial charge in [0.15, 0.2) is 5.96 Å². The zero-order valence-electron chi connectivity index (χ0n) is 16.8. The Labute approximate surface area is 163 Å². The van der Waals surface area contributed by atoms with Crippen molar-refractivity contribution in [3.05, 3.63) is 35.9 Å². The van der Waals surface area contributed by atoms with Gasteiger partial charge in [-0.15, -0.1) is 0 Å². The largest absolute Gasteiger partial charge is 0.380 e. The van der Waals surface area contributed by atoms with Crippen molar-refractivity contribution in [1.82, 2.24) is 15.1 Å². The van der Waals surface area contributed by atoms with Crippen LogP contribution in [-0.2, 0) is 16.0 Å². The molecule has 1 aromatic rings. The maximum absolute atomic E-state index is 6.07. The lowest BCUT2D eigenvalue weighted by molar-refractivity contribution is -0.0502. The smallest absolute Gasteiger partial charge is 0.193 e. The minimum Gasteiger partial charge on any atom is -0.380 e. The lowest BCUT2D eigenvalue weighted by atomic mass is 10.1. The van der Waals surface area contributed by atoms with E-state index < -0.39 is 0 Å². The van der Waals surface area contributed by atoms with Gasteiger partial charge in [-0.25, -0.2) is 0 Å². The van der Waals surface area contributed by atoms with Gasteiger partial charge in [-0.05, 0) is 12.0 Å². The molecule has 0 saturated carbocycles. The van der Waals surface area contributed by atoms with E-state index in [2.05, 4.69) is 57.4 Å². The van der Waals surface area contributed by atoms with E-state index in [0.29, 0.717) is 6.04 Å². The minimum atomic E-state index is 0.252. The first kappa shape index (κ1) is 20.1. The summed E-state index contributed by atoms with van der Waals surface area (Å²) in [4.78, 5) is 9.36. The van der Waals surface area contributed by atoms with E-state index in [1.165, 1.54) is 12.0 Å². The van der Waals surface area contributed by atoms with E-state index in [1.807, 2.05) is 7.05 Å². The Balaban J connectivity index is 1.50. The quantitative estimate of drug-likeness (QED) is 0.428. The Morgan fingerprint density at radius 2 is 2.11 bits per heavy atom. The lowest BCUT2D eigenvalue weighted by Crippen LogP contribution is -2.50. The lowest BCUT2D eigenvalue weighted by Gasteiger charge is -2.36. The van der Waals surface area contributed by atoms with Crippen LogP contribution in [0.3, 0.4) is 0 Å². The monoisotopic (exact) mass is 374 g/mol. The highest BCUT2D eigenvalue weighted by molar-refractivity contribution is 5.80. The van der Waals surface area contributed by atoms with Crippen LogP contribution >= 0.6 is 0 Å². The first-order valence-corrected chi connectivity index (χ1v) is 10.2. The van der Waals surface area contributed by atoms with Crippen LogP contribution in [0, 0.1) is 0 Å². The molecule has 27 heavy (non-hydrogen) atoms. The van der Waals surface area contributed by atoms with Gasteiger partial charge < -0.3 is 19.7 Å². The highest BCUT2D eigenvalue weighted by Crippen LogP contribution is 2.24. The second kappa shape index (κ2) is 10.6. The molecule has 2 unspecified atom stereocenters. The zero-order chi connectivity index (χ0) is 18.9. The topological polar surface area (TPSA) is 49.3 Å². The Morgan fingerprint density at radius 1 is 1.26 bits per heavy atom. The first-order chi connectivity index (χ1) is 13.3. The molecule has 3 rings (SSSR count). The number of benzene rings is 1. The van der Waals surface area contributed by atoms with Crippen LogP contribution in [0.25, 0.3) is 0 Å². The van der Waals surface area contributed by atoms with Crippen molar-refractivity contribution >= 4 is 5.96 Å². The number of ether oxygens (including phenoxy) is 2. The number of morpholine rings is 1. The standard InChI is InChI=1S/C21H34N4O2/c1-3-4-12-26-13-10-23-21(22-2)25-16-19-20(17-25)27-14-11-24(19)15-18-8-6-5-7-9-18/h5-9,19-20H,3-4,10-17H2,1-2H3,(H,22,23). The third-order valence-corrected chi connectivity index (χ3v) is 5.33. The van der Waals surface area contributed by atoms with Crippen molar-refractivity contribution in [3.63, 3.8) is 0 Å². The molecular formula is C21H34N4O2. The Kier molecular flexibility index (Phi) is 7.93. The summed E-state index contributed by atoms with van der Waals surface area (Å²) >= 11 is 0. The number of hydrogen-bond acceptors (Lipinski definition) is 4. The molecule has 2 fully saturated rings. The number of aliphatic imine (C=N–C) groups is 1. The van der Waals surface area contributed by atoms with E-state index >= 15 is 0 Å². The van der Waals surface area contributed by atoms with Gasteiger partial charge >= 0.3 is 0 Å². The van der Waals surface area contributed by atoms with Crippen LogP contribution in [0.5, 0.6) is 0 Å². The third kappa shape index (κ3) is 5.67. The van der Waals surface area contributed by atoms with Gasteiger partial charge in [0.25, 0.3) is 0 Å². The van der Waals surface area contributed by atoms with Gasteiger partial charge in [-0.2, -0.15) is 0 Å². The first-order valence-electron chi connectivity index (χ1n) is 10.2. The zero-order valence-corrected chi connectivity index (χ0v) is 16.8. The van der Waals surface area contributed by atoms with Crippen molar-refractivity contribution < 1.29 is 9.47 Å². The highest BCUT2D eigenvalue weighted by Gasteiger charge is 2.41. The fourth-order valence-corrected chi connectivity index (χ4v) is 3.86. The Hall–Kier alpha value is -1.63. The summed E-state index contributed by atoms with van der Waals surface area (Å²) in [5, 5.41) is 3.44. The molecule has 0 bridgehead atoms. The van der Waals surface area contributed by atoms with E-state index in [1.54, 1.807) is 0 Å². The van der Waals surface area contributed by atoms with Gasteiger partial charge in [-0.1, -0.05) is 43.7 Å². The van der Waals surface area contributed by atoms with Crippen LogP contribution in [0.15, 0.2) is 35.3 Å². The minimum absolute atomic E-state index is 0.252. The Bertz CT molecular complexity index is 581. The molecule has 2 aliphatic rings. The maximum Gasteiger partial charge on any atom is 0.193 e. The molecular weight excluding hydrogens is 340 g/mol. The molecule has 1 aromatic carbocycles. The molecule has 0 amide bonds. The van der Waals surface area contributed by atoms with Crippen LogP contribution < -0.4 is 5.32 Å². The van der Waals surface area contributed by atoms with E-state index in [0.717, 1.165) is 64.9 Å². The predicted octanol–water partition coefficient (Wildman–Crippen LogP) is 1.96. The van der Waals surface area contributed by atoms with Crippen molar-refractivity contribution in [2.45, 2.75) is 38.5 Å². The van der Waals surface area contributed by atoms with Crippen LogP contribution in [0.1, 0.15) is 25.3 Å². The summed E-state index contributed by atoms with van der Waals surface area (Å²) < 4.78 is 11.7. The number of rotatable bonds is 8. The number of nitrogens with one attached hydrogen (secondary N) is 1. The summed E-state index contributed by atoms with van der Waals surface area (Å²) in [6, 6.07) is 11.1. The molecule has 2 heterocycles. The average molecular weight is 375 g/mol. The molecule has 2 saturated heterocycles. The van der Waals surface area contributed by atoms with Crippen LogP contribution in [-0.4, -0.2) is 81.0 Å². The summed E-state index contributed by atoms with van der Waals surface area (Å²) in [6.07, 6.45) is 2.55. The van der Waals surface area contributed by atoms with E-state index in [4.69, 9.17) is 9.47 Å². The number of nitrogens with zero attached hydrogens (tertiary/aromatic N) is 3. The van der Waals surface area contributed by atoms with Gasteiger partial charge in [0.1, 0.15) is 0 Å². The molecule has 2 aliphatic heterocycles. The predicted molar refractivity (Wildman–Crippen MR) is 109 cm³/mol. The summed E-state index contributed by atoms with van der Waals surface area (Å²) in [5.74, 6) is 0.951. The molecule has 1 N–H and O–H groups in total. The number of guanidine groups is 1. The van der Waals surface area contributed by atoms with Gasteiger partial charge in [0.05, 0.1) is 25.4 Å². The molecule has 2 atom stereocenters. The fraction of sp³-hybridized carbons (Fsp3) is 0.667. The summed E-state index contributed by atoms with van der Waals surface area (Å²) in [7, 11) is 1.85. The normalized spacial score (nSPS) is 23.5. The molecule has 6 heteroatoms. The summed E-state index contributed by atoms with van der Waals surface area (Å²) in [6.45, 7) is 9.15. The number of hydrogen-bond donors (Lipinski definition) is 1. The van der Waals surface area contributed by atoms with E-state index in [9.17, 15) is 0 Å². The highest BCUT2D eigenvalue weighted by atomic mass is 16.5. The van der Waals surface area contributed by atoms with Crippen molar-refractivity contribution in [3.8, 4) is 0 Å². The molecule has 0 radical (unpaired) electrons. The second-order valence-electron chi connectivity index (χ2n) is 7.28. The van der Waals surface area contributed by atoms with Crippen molar-refractivity contribution in [2.24, 2.45) is 4.99 Å². The van der Waals surface area contributed by atoms with Crippen LogP contribution in [0.4, 0.5) is 0 Å². The molecule has 6 nitrogen and oxygen atoms in total. The fourth-order valence-electron chi connectivity index (χ4n) is 3.86. The van der Waals surface area contributed by atoms with E-state index in [-0.39, 0.29) is 6.10 Å². The SMILES string of the molecule is CCCCOCCNC(=NC)N1CC2OCCN(Cc3ccccc3)C2C1. The van der Waals surface area contributed by atoms with Crippen LogP contribution in [0.2, 0.25) is 0 Å². The number of likely N-dealkylation sites (tertiary alicyclic amines) is 1. The number of unbranched alkanes of at least 4 members (excludes halogenated alkanes) is 1. The maximum atomic E-state index is 6.07. The Morgan fingerprint density at radius 3 is 2.89 bits per heavy atom. The van der Waals surface area contributed by atoms with Crippen molar-refractivity contribution in [2.75, 3.05) is 53.0 Å². The molecule has 0 aliphatic carbocycles. The van der Waals surface area contributed by atoms with Gasteiger partial charge in [0, 0.05) is 46.4 Å². The number of fused-ring (bicyclic) bond motifs is 1. The van der Waals surface area contributed by atoms with Gasteiger partial charge in [-0.3, -0.25) is 9.89 Å². The second-order valence-corrected chi connectivity index (χ2v) is 7.28. The average Bonchev–Trinajstić information content (AvgIpc) is 3.13. The third-order valence-electron chi connectivity index (χ3n) is 5.33. The van der Waals surface area contributed by atoms with Gasteiger partial charge in [0.2, 0.25) is 0 Å². The molecule has 150 valence electrons. The molecule has 0 spiro atoms. The van der Waals surface area contributed by atoms with Crippen molar-refractivity contribution in [1.29, 1.82) is 0 Å². The summed E-state index contributed by atoms with van der Waals surface area (Å²) in [5.41, 5.74) is 1.36. The molecule has 0 aromatic heterocycles.